The molecule has 3 N–H and O–H groups in total. The Kier molecular flexibility index (Phi) is 4.04. The van der Waals surface area contributed by atoms with Crippen LogP contribution in [0.2, 0.25) is 0 Å². The van der Waals surface area contributed by atoms with Crippen molar-refractivity contribution in [3.8, 4) is 0 Å². The molecule has 7 heteroatoms. The summed E-state index contributed by atoms with van der Waals surface area (Å²) in [6.45, 7) is 2.63. The molecule has 6 nitrogen and oxygen atoms in total. The standard InChI is InChI=1S/C11H20N4O2S/c1-8-3-4-10(5-8)15-18(16,17)11-9(6-12-2)7-13-14-11/h7-8,10,12,15H,3-6H2,1-2H3,(H,13,14). The fourth-order valence-electron chi connectivity index (χ4n) is 2.44. The van der Waals surface area contributed by atoms with Gasteiger partial charge < -0.3 is 5.32 Å². The third kappa shape index (κ3) is 2.90. The molecular weight excluding hydrogens is 252 g/mol. The summed E-state index contributed by atoms with van der Waals surface area (Å²) in [5.74, 6) is 0.594. The molecule has 1 fully saturated rings. The summed E-state index contributed by atoms with van der Waals surface area (Å²) in [6.07, 6.45) is 4.45. The fourth-order valence-corrected chi connectivity index (χ4v) is 3.85. The number of aromatic nitrogens is 2. The number of aromatic amines is 1. The molecule has 102 valence electrons. The highest BCUT2D eigenvalue weighted by Crippen LogP contribution is 2.26. The van der Waals surface area contributed by atoms with E-state index in [9.17, 15) is 8.42 Å². The van der Waals surface area contributed by atoms with Crippen LogP contribution in [0, 0.1) is 5.92 Å². The van der Waals surface area contributed by atoms with Gasteiger partial charge in [-0.1, -0.05) is 6.92 Å². The van der Waals surface area contributed by atoms with E-state index in [1.165, 1.54) is 0 Å². The molecule has 0 radical (unpaired) electrons. The summed E-state index contributed by atoms with van der Waals surface area (Å²) < 4.78 is 27.2. The maximum atomic E-state index is 12.2. The second-order valence-electron chi connectivity index (χ2n) is 4.99. The van der Waals surface area contributed by atoms with Crippen molar-refractivity contribution in [1.82, 2.24) is 20.2 Å². The van der Waals surface area contributed by atoms with Crippen molar-refractivity contribution in [3.05, 3.63) is 11.8 Å². The Morgan fingerprint density at radius 1 is 1.50 bits per heavy atom. The Hall–Kier alpha value is -0.920. The number of nitrogens with one attached hydrogen (secondary N) is 3. The first kappa shape index (κ1) is 13.5. The molecule has 1 aromatic rings. The van der Waals surface area contributed by atoms with E-state index < -0.39 is 10.0 Å². The normalized spacial score (nSPS) is 24.6. The van der Waals surface area contributed by atoms with Crippen LogP contribution >= 0.6 is 0 Å². The number of sulfonamides is 1. The van der Waals surface area contributed by atoms with Gasteiger partial charge >= 0.3 is 0 Å². The van der Waals surface area contributed by atoms with Gasteiger partial charge in [-0.25, -0.2) is 13.1 Å². The van der Waals surface area contributed by atoms with E-state index in [-0.39, 0.29) is 11.1 Å². The highest BCUT2D eigenvalue weighted by atomic mass is 32.2. The quantitative estimate of drug-likeness (QED) is 0.732. The third-order valence-electron chi connectivity index (χ3n) is 3.33. The molecule has 1 saturated carbocycles. The molecule has 0 spiro atoms. The predicted octanol–water partition coefficient (Wildman–Crippen LogP) is 0.596. The smallest absolute Gasteiger partial charge is 0.258 e. The van der Waals surface area contributed by atoms with E-state index in [4.69, 9.17) is 0 Å². The van der Waals surface area contributed by atoms with Crippen LogP contribution in [0.15, 0.2) is 11.2 Å². The Bertz CT molecular complexity index is 497. The third-order valence-corrected chi connectivity index (χ3v) is 4.87. The van der Waals surface area contributed by atoms with E-state index in [0.29, 0.717) is 18.0 Å². The van der Waals surface area contributed by atoms with Crippen molar-refractivity contribution in [2.45, 2.75) is 43.8 Å². The highest BCUT2D eigenvalue weighted by molar-refractivity contribution is 7.89. The van der Waals surface area contributed by atoms with Gasteiger partial charge in [-0.15, -0.1) is 0 Å². The zero-order valence-electron chi connectivity index (χ0n) is 10.7. The van der Waals surface area contributed by atoms with Gasteiger partial charge in [0.1, 0.15) is 0 Å². The van der Waals surface area contributed by atoms with Crippen LogP contribution in [0.1, 0.15) is 31.7 Å². The predicted molar refractivity (Wildman–Crippen MR) is 68.5 cm³/mol. The van der Waals surface area contributed by atoms with Gasteiger partial charge in [0.05, 0.1) is 6.20 Å². The maximum Gasteiger partial charge on any atom is 0.258 e. The number of hydrogen-bond acceptors (Lipinski definition) is 4. The molecule has 2 atom stereocenters. The van der Waals surface area contributed by atoms with Crippen LogP contribution < -0.4 is 10.0 Å². The summed E-state index contributed by atoms with van der Waals surface area (Å²) in [7, 11) is -1.71. The van der Waals surface area contributed by atoms with E-state index in [1.807, 2.05) is 0 Å². The highest BCUT2D eigenvalue weighted by Gasteiger charge is 2.28. The lowest BCUT2D eigenvalue weighted by molar-refractivity contribution is 0.534. The molecule has 0 aliphatic heterocycles. The number of rotatable bonds is 5. The monoisotopic (exact) mass is 272 g/mol. The SMILES string of the molecule is CNCc1cn[nH]c1S(=O)(=O)NC1CCC(C)C1. The molecule has 1 aromatic heterocycles. The Balaban J connectivity index is 2.12. The second-order valence-corrected chi connectivity index (χ2v) is 6.64. The van der Waals surface area contributed by atoms with Gasteiger partial charge in [0.15, 0.2) is 5.03 Å². The van der Waals surface area contributed by atoms with Crippen LogP contribution in [0.4, 0.5) is 0 Å². The molecule has 0 aromatic carbocycles. The Morgan fingerprint density at radius 3 is 2.89 bits per heavy atom. The van der Waals surface area contributed by atoms with Crippen LogP contribution in [0.3, 0.4) is 0 Å². The lowest BCUT2D eigenvalue weighted by Crippen LogP contribution is -2.33. The molecule has 2 rings (SSSR count). The van der Waals surface area contributed by atoms with Gasteiger partial charge in [-0.05, 0) is 32.2 Å². The van der Waals surface area contributed by atoms with E-state index in [2.05, 4.69) is 27.2 Å². The topological polar surface area (TPSA) is 86.9 Å². The molecule has 0 bridgehead atoms. The first-order chi connectivity index (χ1) is 8.53. The molecule has 0 saturated heterocycles. The molecular formula is C11H20N4O2S. The lowest BCUT2D eigenvalue weighted by Gasteiger charge is -2.12. The Morgan fingerprint density at radius 2 is 2.28 bits per heavy atom. The van der Waals surface area contributed by atoms with E-state index >= 15 is 0 Å². The van der Waals surface area contributed by atoms with Gasteiger partial charge in [0, 0.05) is 18.2 Å². The lowest BCUT2D eigenvalue weighted by atomic mass is 10.1. The Labute approximate surface area is 108 Å². The van der Waals surface area contributed by atoms with Gasteiger partial charge in [0.25, 0.3) is 10.0 Å². The summed E-state index contributed by atoms with van der Waals surface area (Å²) in [4.78, 5) is 0. The van der Waals surface area contributed by atoms with E-state index in [0.717, 1.165) is 19.3 Å². The summed E-state index contributed by atoms with van der Waals surface area (Å²) in [6, 6.07) is 0.0516. The largest absolute Gasteiger partial charge is 0.316 e. The molecule has 0 amide bonds. The van der Waals surface area contributed by atoms with Crippen molar-refractivity contribution in [2.24, 2.45) is 5.92 Å². The van der Waals surface area contributed by atoms with Gasteiger partial charge in [-0.3, -0.25) is 5.10 Å². The first-order valence-electron chi connectivity index (χ1n) is 6.22. The zero-order valence-corrected chi connectivity index (χ0v) is 11.5. The fraction of sp³-hybridized carbons (Fsp3) is 0.727. The number of hydrogen-bond donors (Lipinski definition) is 3. The zero-order chi connectivity index (χ0) is 13.2. The summed E-state index contributed by atoms with van der Waals surface area (Å²) in [5.41, 5.74) is 0.663. The first-order valence-corrected chi connectivity index (χ1v) is 7.70. The molecule has 1 aliphatic carbocycles. The van der Waals surface area contributed by atoms with Crippen LogP contribution in [0.25, 0.3) is 0 Å². The van der Waals surface area contributed by atoms with Gasteiger partial charge in [0.2, 0.25) is 0 Å². The number of nitrogens with zero attached hydrogens (tertiary/aromatic N) is 1. The molecule has 1 aliphatic rings. The second kappa shape index (κ2) is 5.38. The van der Waals surface area contributed by atoms with Crippen LogP contribution in [-0.4, -0.2) is 31.7 Å². The van der Waals surface area contributed by atoms with Crippen LogP contribution in [0.5, 0.6) is 0 Å². The molecule has 2 unspecified atom stereocenters. The van der Waals surface area contributed by atoms with Crippen LogP contribution in [-0.2, 0) is 16.6 Å². The molecule has 18 heavy (non-hydrogen) atoms. The summed E-state index contributed by atoms with van der Waals surface area (Å²) in [5, 5.41) is 9.50. The van der Waals surface area contributed by atoms with Gasteiger partial charge in [-0.2, -0.15) is 5.10 Å². The minimum absolute atomic E-state index is 0.0516. The van der Waals surface area contributed by atoms with Crippen molar-refractivity contribution >= 4 is 10.0 Å². The van der Waals surface area contributed by atoms with E-state index in [1.54, 1.807) is 13.2 Å². The van der Waals surface area contributed by atoms with Crippen molar-refractivity contribution in [1.29, 1.82) is 0 Å². The number of H-pyrrole nitrogens is 1. The molecule has 1 heterocycles. The van der Waals surface area contributed by atoms with Crippen molar-refractivity contribution < 1.29 is 8.42 Å². The minimum Gasteiger partial charge on any atom is -0.316 e. The van der Waals surface area contributed by atoms with Crippen molar-refractivity contribution in [2.75, 3.05) is 7.05 Å². The van der Waals surface area contributed by atoms with Crippen molar-refractivity contribution in [3.63, 3.8) is 0 Å². The minimum atomic E-state index is -3.48. The average Bonchev–Trinajstić information content (AvgIpc) is 2.88. The average molecular weight is 272 g/mol. The maximum absolute atomic E-state index is 12.2. The summed E-state index contributed by atoms with van der Waals surface area (Å²) >= 11 is 0.